The predicted octanol–water partition coefficient (Wildman–Crippen LogP) is 4.62. The molecule has 0 aliphatic heterocycles. The van der Waals surface area contributed by atoms with Crippen LogP contribution < -0.4 is 5.73 Å². The van der Waals surface area contributed by atoms with Crippen LogP contribution in [-0.2, 0) is 11.8 Å². The third-order valence-corrected chi connectivity index (χ3v) is 3.79. The zero-order valence-electron chi connectivity index (χ0n) is 12.8. The summed E-state index contributed by atoms with van der Waals surface area (Å²) >= 11 is 0. The van der Waals surface area contributed by atoms with Gasteiger partial charge < -0.3 is 5.73 Å². The summed E-state index contributed by atoms with van der Waals surface area (Å²) in [7, 11) is 0. The van der Waals surface area contributed by atoms with Gasteiger partial charge in [0.2, 0.25) is 0 Å². The van der Waals surface area contributed by atoms with Gasteiger partial charge in [-0.1, -0.05) is 75.4 Å². The van der Waals surface area contributed by atoms with Crippen LogP contribution in [0.3, 0.4) is 0 Å². The molecular formula is C19H25N. The number of hydrogen-bond acceptors (Lipinski definition) is 1. The smallest absolute Gasteiger partial charge is 0.0298 e. The molecule has 20 heavy (non-hydrogen) atoms. The van der Waals surface area contributed by atoms with Crippen molar-refractivity contribution in [2.45, 2.75) is 45.1 Å². The Hall–Kier alpha value is -1.60. The minimum atomic E-state index is 0.115. The predicted molar refractivity (Wildman–Crippen MR) is 86.8 cm³/mol. The molecule has 2 N–H and O–H groups in total. The second kappa shape index (κ2) is 6.23. The lowest BCUT2D eigenvalue weighted by Gasteiger charge is -2.20. The van der Waals surface area contributed by atoms with Crippen molar-refractivity contribution in [3.8, 4) is 0 Å². The maximum atomic E-state index is 6.30. The Kier molecular flexibility index (Phi) is 4.61. The Morgan fingerprint density at radius 3 is 2.05 bits per heavy atom. The topological polar surface area (TPSA) is 26.0 Å². The second-order valence-electron chi connectivity index (χ2n) is 6.50. The van der Waals surface area contributed by atoms with E-state index >= 15 is 0 Å². The van der Waals surface area contributed by atoms with Gasteiger partial charge in [0.1, 0.15) is 0 Å². The highest BCUT2D eigenvalue weighted by Gasteiger charge is 2.14. The van der Waals surface area contributed by atoms with E-state index in [-0.39, 0.29) is 11.5 Å². The molecular weight excluding hydrogens is 242 g/mol. The molecule has 1 unspecified atom stereocenters. The average Bonchev–Trinajstić information content (AvgIpc) is 2.45. The van der Waals surface area contributed by atoms with E-state index in [0.29, 0.717) is 0 Å². The third-order valence-electron chi connectivity index (χ3n) is 3.79. The van der Waals surface area contributed by atoms with Crippen LogP contribution >= 0.6 is 0 Å². The Morgan fingerprint density at radius 1 is 0.900 bits per heavy atom. The molecule has 2 aromatic carbocycles. The number of hydrogen-bond donors (Lipinski definition) is 1. The summed E-state index contributed by atoms with van der Waals surface area (Å²) in [5, 5.41) is 0. The lowest BCUT2D eigenvalue weighted by Crippen LogP contribution is -2.14. The standard InChI is InChI=1S/C19H25N/c1-19(2,3)17-12-10-16(11-13-17)18(20)14-9-15-7-5-4-6-8-15/h4-8,10-13,18H,9,14,20H2,1-3H3. The van der Waals surface area contributed by atoms with Gasteiger partial charge in [0, 0.05) is 6.04 Å². The fourth-order valence-corrected chi connectivity index (χ4v) is 2.36. The molecule has 1 atom stereocenters. The molecule has 1 nitrogen and oxygen atoms in total. The van der Waals surface area contributed by atoms with Crippen LogP contribution in [0.4, 0.5) is 0 Å². The van der Waals surface area contributed by atoms with Gasteiger partial charge in [-0.3, -0.25) is 0 Å². The fourth-order valence-electron chi connectivity index (χ4n) is 2.36. The van der Waals surface area contributed by atoms with Crippen LogP contribution in [0.25, 0.3) is 0 Å². The second-order valence-corrected chi connectivity index (χ2v) is 6.50. The first-order chi connectivity index (χ1) is 9.47. The van der Waals surface area contributed by atoms with E-state index < -0.39 is 0 Å². The first kappa shape index (κ1) is 14.8. The summed E-state index contributed by atoms with van der Waals surface area (Å²) in [6.45, 7) is 6.70. The Balaban J connectivity index is 1.97. The fraction of sp³-hybridized carbons (Fsp3) is 0.368. The van der Waals surface area contributed by atoms with E-state index in [4.69, 9.17) is 5.73 Å². The molecule has 1 heteroatoms. The van der Waals surface area contributed by atoms with Gasteiger partial charge in [0.25, 0.3) is 0 Å². The van der Waals surface area contributed by atoms with Crippen LogP contribution in [0.15, 0.2) is 54.6 Å². The molecule has 2 aromatic rings. The largest absolute Gasteiger partial charge is 0.324 e. The molecule has 0 saturated carbocycles. The molecule has 0 saturated heterocycles. The highest BCUT2D eigenvalue weighted by atomic mass is 14.6. The van der Waals surface area contributed by atoms with Crippen molar-refractivity contribution in [2.24, 2.45) is 5.73 Å². The van der Waals surface area contributed by atoms with E-state index in [9.17, 15) is 0 Å². The summed E-state index contributed by atoms with van der Waals surface area (Å²) in [5.41, 5.74) is 10.4. The summed E-state index contributed by atoms with van der Waals surface area (Å²) in [6, 6.07) is 19.4. The van der Waals surface area contributed by atoms with Crippen molar-refractivity contribution in [1.82, 2.24) is 0 Å². The van der Waals surface area contributed by atoms with Crippen molar-refractivity contribution in [3.05, 3.63) is 71.3 Å². The van der Waals surface area contributed by atoms with Crippen LogP contribution in [-0.4, -0.2) is 0 Å². The maximum Gasteiger partial charge on any atom is 0.0298 e. The minimum Gasteiger partial charge on any atom is -0.324 e. The van der Waals surface area contributed by atoms with Crippen molar-refractivity contribution < 1.29 is 0 Å². The maximum absolute atomic E-state index is 6.30. The SMILES string of the molecule is CC(C)(C)c1ccc(C(N)CCc2ccccc2)cc1. The molecule has 0 radical (unpaired) electrons. The van der Waals surface area contributed by atoms with Crippen LogP contribution in [0.5, 0.6) is 0 Å². The third kappa shape index (κ3) is 3.94. The molecule has 0 aromatic heterocycles. The number of nitrogens with two attached hydrogens (primary N) is 1. The normalized spacial score (nSPS) is 13.2. The van der Waals surface area contributed by atoms with E-state index in [1.54, 1.807) is 0 Å². The lowest BCUT2D eigenvalue weighted by atomic mass is 9.86. The highest BCUT2D eigenvalue weighted by molar-refractivity contribution is 5.29. The quantitative estimate of drug-likeness (QED) is 0.859. The van der Waals surface area contributed by atoms with Gasteiger partial charge >= 0.3 is 0 Å². The highest BCUT2D eigenvalue weighted by Crippen LogP contribution is 2.24. The van der Waals surface area contributed by atoms with E-state index in [1.807, 2.05) is 0 Å². The molecule has 0 bridgehead atoms. The van der Waals surface area contributed by atoms with Gasteiger partial charge in [-0.15, -0.1) is 0 Å². The number of rotatable bonds is 4. The van der Waals surface area contributed by atoms with Crippen molar-refractivity contribution in [3.63, 3.8) is 0 Å². The number of benzene rings is 2. The molecule has 2 rings (SSSR count). The van der Waals surface area contributed by atoms with E-state index in [2.05, 4.69) is 75.4 Å². The van der Waals surface area contributed by atoms with Crippen LogP contribution in [0, 0.1) is 0 Å². The Bertz CT molecular complexity index is 520. The van der Waals surface area contributed by atoms with Crippen LogP contribution in [0.1, 0.15) is 49.9 Å². The van der Waals surface area contributed by atoms with Crippen LogP contribution in [0.2, 0.25) is 0 Å². The van der Waals surface area contributed by atoms with Crippen molar-refractivity contribution in [1.29, 1.82) is 0 Å². The zero-order valence-corrected chi connectivity index (χ0v) is 12.8. The average molecular weight is 267 g/mol. The Labute approximate surface area is 122 Å². The summed E-state index contributed by atoms with van der Waals surface area (Å²) in [5.74, 6) is 0. The minimum absolute atomic E-state index is 0.115. The van der Waals surface area contributed by atoms with E-state index in [0.717, 1.165) is 12.8 Å². The molecule has 0 fully saturated rings. The summed E-state index contributed by atoms with van der Waals surface area (Å²) < 4.78 is 0. The Morgan fingerprint density at radius 2 is 1.50 bits per heavy atom. The first-order valence-corrected chi connectivity index (χ1v) is 7.37. The number of aryl methyl sites for hydroxylation is 1. The zero-order chi connectivity index (χ0) is 14.6. The van der Waals surface area contributed by atoms with Gasteiger partial charge in [0.15, 0.2) is 0 Å². The molecule has 0 aliphatic rings. The van der Waals surface area contributed by atoms with Gasteiger partial charge in [-0.25, -0.2) is 0 Å². The van der Waals surface area contributed by atoms with Gasteiger partial charge in [-0.2, -0.15) is 0 Å². The summed E-state index contributed by atoms with van der Waals surface area (Å²) in [4.78, 5) is 0. The summed E-state index contributed by atoms with van der Waals surface area (Å²) in [6.07, 6.45) is 2.02. The van der Waals surface area contributed by atoms with Crippen molar-refractivity contribution >= 4 is 0 Å². The van der Waals surface area contributed by atoms with Crippen molar-refractivity contribution in [2.75, 3.05) is 0 Å². The first-order valence-electron chi connectivity index (χ1n) is 7.37. The van der Waals surface area contributed by atoms with Gasteiger partial charge in [0.05, 0.1) is 0 Å². The molecule has 0 aliphatic carbocycles. The van der Waals surface area contributed by atoms with E-state index in [1.165, 1.54) is 16.7 Å². The monoisotopic (exact) mass is 267 g/mol. The molecule has 0 heterocycles. The van der Waals surface area contributed by atoms with Gasteiger partial charge in [-0.05, 0) is 34.9 Å². The molecule has 0 amide bonds. The molecule has 0 spiro atoms. The lowest BCUT2D eigenvalue weighted by molar-refractivity contribution is 0.588. The molecule has 106 valence electrons.